The number of methoxy groups -OCH3 is 1. The normalized spacial score (nSPS) is 11.0. The van der Waals surface area contributed by atoms with Crippen LogP contribution in [0.15, 0.2) is 53.6 Å². The molecule has 0 fully saturated rings. The van der Waals surface area contributed by atoms with E-state index in [4.69, 9.17) is 9.47 Å². The molecule has 1 aromatic heterocycles. The van der Waals surface area contributed by atoms with Gasteiger partial charge in [-0.1, -0.05) is 25.1 Å². The summed E-state index contributed by atoms with van der Waals surface area (Å²) in [6.45, 7) is 4.68. The minimum atomic E-state index is -0.331. The maximum atomic E-state index is 12.4. The smallest absolute Gasteiger partial charge is 0.325 e. The van der Waals surface area contributed by atoms with Gasteiger partial charge in [0.2, 0.25) is 0 Å². The van der Waals surface area contributed by atoms with Crippen LogP contribution in [0.2, 0.25) is 0 Å². The van der Waals surface area contributed by atoms with Gasteiger partial charge in [0, 0.05) is 27.7 Å². The Kier molecular flexibility index (Phi) is 6.85. The Labute approximate surface area is 175 Å². The first-order valence-corrected chi connectivity index (χ1v) is 9.76. The maximum absolute atomic E-state index is 12.4. The molecule has 0 unspecified atom stereocenters. The summed E-state index contributed by atoms with van der Waals surface area (Å²) in [7, 11) is 1.36. The van der Waals surface area contributed by atoms with Crippen molar-refractivity contribution in [1.29, 1.82) is 0 Å². The number of rotatable bonds is 8. The number of carbonyl (C=O) groups is 2. The summed E-state index contributed by atoms with van der Waals surface area (Å²) < 4.78 is 12.2. The fourth-order valence-corrected chi connectivity index (χ4v) is 3.16. The van der Waals surface area contributed by atoms with Crippen LogP contribution in [0, 0.1) is 6.92 Å². The number of aromatic nitrogens is 1. The Morgan fingerprint density at radius 3 is 2.57 bits per heavy atom. The Balaban J connectivity index is 1.76. The second-order valence-corrected chi connectivity index (χ2v) is 6.75. The predicted molar refractivity (Wildman–Crippen MR) is 116 cm³/mol. The Bertz CT molecular complexity index is 1070. The zero-order chi connectivity index (χ0) is 21.5. The molecule has 1 amide bonds. The molecule has 3 aromatic rings. The third-order valence-corrected chi connectivity index (χ3v) is 4.74. The first-order chi connectivity index (χ1) is 14.5. The lowest BCUT2D eigenvalue weighted by atomic mass is 10.1. The fraction of sp³-hybridized carbons (Fsp3) is 0.261. The molecule has 2 aromatic carbocycles. The van der Waals surface area contributed by atoms with Crippen molar-refractivity contribution in [2.75, 3.05) is 13.7 Å². The van der Waals surface area contributed by atoms with Crippen LogP contribution in [-0.2, 0) is 16.1 Å². The second kappa shape index (κ2) is 9.73. The summed E-state index contributed by atoms with van der Waals surface area (Å²) in [5.74, 6) is 0.0807. The molecule has 7 nitrogen and oxygen atoms in total. The lowest BCUT2D eigenvalue weighted by Crippen LogP contribution is -2.17. The number of benzene rings is 2. The van der Waals surface area contributed by atoms with Crippen LogP contribution >= 0.6 is 0 Å². The topological polar surface area (TPSA) is 81.9 Å². The van der Waals surface area contributed by atoms with Crippen LogP contribution < -0.4 is 10.2 Å². The highest BCUT2D eigenvalue weighted by atomic mass is 16.5. The van der Waals surface area contributed by atoms with Crippen LogP contribution in [0.4, 0.5) is 0 Å². The van der Waals surface area contributed by atoms with Gasteiger partial charge in [0.25, 0.3) is 5.91 Å². The Hall–Kier alpha value is -3.61. The van der Waals surface area contributed by atoms with Crippen molar-refractivity contribution in [2.24, 2.45) is 5.10 Å². The van der Waals surface area contributed by atoms with Crippen molar-refractivity contribution < 1.29 is 19.1 Å². The number of nitrogens with zero attached hydrogens (tertiary/aromatic N) is 2. The van der Waals surface area contributed by atoms with E-state index in [1.165, 1.54) is 7.11 Å². The molecule has 0 spiro atoms. The minimum Gasteiger partial charge on any atom is -0.494 e. The SMILES string of the molecule is CCCOc1ccc(C(=O)N/N=C/c2c(C)n(CC(=O)OC)c3ccccc23)cc1. The molecule has 0 bridgehead atoms. The highest BCUT2D eigenvalue weighted by Gasteiger charge is 2.15. The van der Waals surface area contributed by atoms with Crippen LogP contribution in [0.3, 0.4) is 0 Å². The van der Waals surface area contributed by atoms with Gasteiger partial charge in [-0.2, -0.15) is 5.10 Å². The number of esters is 1. The summed E-state index contributed by atoms with van der Waals surface area (Å²) in [6.07, 6.45) is 2.52. The Morgan fingerprint density at radius 2 is 1.87 bits per heavy atom. The van der Waals surface area contributed by atoms with Crippen LogP contribution in [-0.4, -0.2) is 36.4 Å². The van der Waals surface area contributed by atoms with Gasteiger partial charge in [0.1, 0.15) is 12.3 Å². The van der Waals surface area contributed by atoms with E-state index in [2.05, 4.69) is 10.5 Å². The second-order valence-electron chi connectivity index (χ2n) is 6.75. The number of carbonyl (C=O) groups excluding carboxylic acids is 2. The van der Waals surface area contributed by atoms with Crippen LogP contribution in [0.25, 0.3) is 10.9 Å². The summed E-state index contributed by atoms with van der Waals surface area (Å²) in [5, 5.41) is 5.07. The van der Waals surface area contributed by atoms with E-state index in [-0.39, 0.29) is 18.4 Å². The van der Waals surface area contributed by atoms with Gasteiger partial charge in [-0.15, -0.1) is 0 Å². The minimum absolute atomic E-state index is 0.107. The van der Waals surface area contributed by atoms with Crippen molar-refractivity contribution in [1.82, 2.24) is 9.99 Å². The number of hydrazone groups is 1. The molecule has 0 saturated heterocycles. The Morgan fingerprint density at radius 1 is 1.13 bits per heavy atom. The van der Waals surface area contributed by atoms with Crippen LogP contribution in [0.1, 0.15) is 35.0 Å². The molecule has 1 N–H and O–H groups in total. The van der Waals surface area contributed by atoms with E-state index >= 15 is 0 Å². The third kappa shape index (κ3) is 4.68. The molecule has 0 radical (unpaired) electrons. The van der Waals surface area contributed by atoms with E-state index < -0.39 is 0 Å². The first kappa shape index (κ1) is 21.1. The van der Waals surface area contributed by atoms with Crippen molar-refractivity contribution in [2.45, 2.75) is 26.8 Å². The molecule has 7 heteroatoms. The van der Waals surface area contributed by atoms with E-state index in [9.17, 15) is 9.59 Å². The van der Waals surface area contributed by atoms with Gasteiger partial charge in [-0.05, 0) is 43.7 Å². The first-order valence-electron chi connectivity index (χ1n) is 9.76. The number of hydrogen-bond acceptors (Lipinski definition) is 5. The average Bonchev–Trinajstić information content (AvgIpc) is 3.03. The van der Waals surface area contributed by atoms with Crippen molar-refractivity contribution in [3.8, 4) is 5.75 Å². The molecule has 3 rings (SSSR count). The largest absolute Gasteiger partial charge is 0.494 e. The van der Waals surface area contributed by atoms with E-state index in [0.29, 0.717) is 12.2 Å². The van der Waals surface area contributed by atoms with Crippen molar-refractivity contribution >= 4 is 29.0 Å². The molecule has 0 aliphatic heterocycles. The van der Waals surface area contributed by atoms with E-state index in [1.54, 1.807) is 30.5 Å². The lowest BCUT2D eigenvalue weighted by molar-refractivity contribution is -0.141. The monoisotopic (exact) mass is 407 g/mol. The summed E-state index contributed by atoms with van der Waals surface area (Å²) in [4.78, 5) is 24.2. The molecule has 0 atom stereocenters. The molecule has 30 heavy (non-hydrogen) atoms. The van der Waals surface area contributed by atoms with Gasteiger partial charge >= 0.3 is 5.97 Å². The third-order valence-electron chi connectivity index (χ3n) is 4.74. The molecular weight excluding hydrogens is 382 g/mol. The van der Waals surface area contributed by atoms with Crippen molar-refractivity contribution in [3.63, 3.8) is 0 Å². The zero-order valence-corrected chi connectivity index (χ0v) is 17.3. The highest BCUT2D eigenvalue weighted by molar-refractivity contribution is 6.02. The number of hydrogen-bond donors (Lipinski definition) is 1. The molecule has 1 heterocycles. The number of amides is 1. The zero-order valence-electron chi connectivity index (χ0n) is 17.3. The van der Waals surface area contributed by atoms with E-state index in [0.717, 1.165) is 34.3 Å². The van der Waals surface area contributed by atoms with Crippen LogP contribution in [0.5, 0.6) is 5.75 Å². The standard InChI is InChI=1S/C23H25N3O4/c1-4-13-30-18-11-9-17(10-12-18)23(28)25-24-14-20-16(2)26(15-22(27)29-3)21-8-6-5-7-19(20)21/h5-12,14H,4,13,15H2,1-3H3,(H,25,28)/b24-14+. The maximum Gasteiger partial charge on any atom is 0.325 e. The number of para-hydroxylation sites is 1. The number of nitrogens with one attached hydrogen (secondary N) is 1. The number of fused-ring (bicyclic) bond motifs is 1. The van der Waals surface area contributed by atoms with Gasteiger partial charge in [0.15, 0.2) is 0 Å². The van der Waals surface area contributed by atoms with Gasteiger partial charge in [-0.25, -0.2) is 5.43 Å². The van der Waals surface area contributed by atoms with Gasteiger partial charge in [0.05, 0.1) is 19.9 Å². The van der Waals surface area contributed by atoms with Gasteiger partial charge in [-0.3, -0.25) is 9.59 Å². The quantitative estimate of drug-likeness (QED) is 0.351. The fourth-order valence-electron chi connectivity index (χ4n) is 3.16. The summed E-state index contributed by atoms with van der Waals surface area (Å²) in [5.41, 5.74) is 5.63. The summed E-state index contributed by atoms with van der Waals surface area (Å²) in [6, 6.07) is 14.6. The molecule has 0 aliphatic rings. The predicted octanol–water partition coefficient (Wildman–Crippen LogP) is 3.68. The van der Waals surface area contributed by atoms with E-state index in [1.807, 2.05) is 42.7 Å². The lowest BCUT2D eigenvalue weighted by Gasteiger charge is -2.06. The van der Waals surface area contributed by atoms with Crippen molar-refractivity contribution in [3.05, 3.63) is 65.4 Å². The number of ether oxygens (including phenoxy) is 2. The molecule has 156 valence electrons. The molecule has 0 saturated carbocycles. The average molecular weight is 407 g/mol. The highest BCUT2D eigenvalue weighted by Crippen LogP contribution is 2.24. The van der Waals surface area contributed by atoms with Gasteiger partial charge < -0.3 is 14.0 Å². The molecule has 0 aliphatic carbocycles. The molecular formula is C23H25N3O4. The summed E-state index contributed by atoms with van der Waals surface area (Å²) >= 11 is 0.